The van der Waals surface area contributed by atoms with Crippen LogP contribution in [-0.2, 0) is 38.7 Å². The van der Waals surface area contributed by atoms with Crippen LogP contribution in [0.2, 0.25) is 0 Å². The van der Waals surface area contributed by atoms with E-state index in [1.165, 1.54) is 122 Å². The van der Waals surface area contributed by atoms with E-state index in [-0.39, 0.29) is 19.4 Å². The summed E-state index contributed by atoms with van der Waals surface area (Å²) in [5.41, 5.74) is 0. The number of unbranched alkanes of at least 4 members (excludes halogenated alkanes) is 22. The van der Waals surface area contributed by atoms with Gasteiger partial charge in [-0.2, -0.15) is 8.42 Å². The Hall–Kier alpha value is -2.65. The number of rotatable bonds is 44. The highest BCUT2D eigenvalue weighted by atomic mass is 32.2. The van der Waals surface area contributed by atoms with E-state index in [0.29, 0.717) is 19.3 Å². The third kappa shape index (κ3) is 37.9. The van der Waals surface area contributed by atoms with Crippen molar-refractivity contribution in [2.45, 2.75) is 250 Å². The molecular weight excluding hydrogens is 873 g/mol. The van der Waals surface area contributed by atoms with E-state index < -0.39 is 71.2 Å². The predicted octanol–water partition coefficient (Wildman–Crippen LogP) is 12.1. The minimum atomic E-state index is -4.62. The molecule has 0 amide bonds. The molecule has 1 heterocycles. The summed E-state index contributed by atoms with van der Waals surface area (Å²) in [4.78, 5) is 25.5. The van der Waals surface area contributed by atoms with Crippen molar-refractivity contribution < 1.29 is 56.8 Å². The lowest BCUT2D eigenvalue weighted by atomic mass is 10.00. The third-order valence-electron chi connectivity index (χ3n) is 11.9. The van der Waals surface area contributed by atoms with Crippen LogP contribution in [0, 0.1) is 0 Å². The monoisotopic (exact) mass is 967 g/mol. The molecule has 1 fully saturated rings. The molecule has 388 valence electrons. The first-order chi connectivity index (χ1) is 32.5. The molecule has 67 heavy (non-hydrogen) atoms. The Morgan fingerprint density at radius 3 is 1.39 bits per heavy atom. The van der Waals surface area contributed by atoms with E-state index in [9.17, 15) is 37.9 Å². The predicted molar refractivity (Wildman–Crippen MR) is 270 cm³/mol. The smallest absolute Gasteiger partial charge is 0.306 e. The zero-order chi connectivity index (χ0) is 49.1. The summed E-state index contributed by atoms with van der Waals surface area (Å²) in [7, 11) is -4.62. The molecule has 0 bridgehead atoms. The van der Waals surface area contributed by atoms with E-state index in [2.05, 4.69) is 62.5 Å². The number of hydrogen-bond donors (Lipinski definition) is 4. The van der Waals surface area contributed by atoms with Gasteiger partial charge in [-0.3, -0.25) is 14.1 Å². The van der Waals surface area contributed by atoms with Crippen LogP contribution in [0.4, 0.5) is 0 Å². The first-order valence-electron chi connectivity index (χ1n) is 26.3. The van der Waals surface area contributed by atoms with Crippen molar-refractivity contribution >= 4 is 22.1 Å². The molecule has 0 aromatic rings. The number of aliphatic hydroxyl groups is 3. The summed E-state index contributed by atoms with van der Waals surface area (Å²) in [6, 6.07) is 0. The number of hydrogen-bond acceptors (Lipinski definition) is 11. The van der Waals surface area contributed by atoms with Gasteiger partial charge in [-0.25, -0.2) is 0 Å². The molecule has 1 aliphatic rings. The minimum Gasteiger partial charge on any atom is -0.462 e. The molecule has 0 aromatic heterocycles. The van der Waals surface area contributed by atoms with Crippen molar-refractivity contribution in [3.63, 3.8) is 0 Å². The van der Waals surface area contributed by atoms with E-state index in [1.54, 1.807) is 0 Å². The lowest BCUT2D eigenvalue weighted by molar-refractivity contribution is -0.297. The first kappa shape index (κ1) is 62.4. The zero-order valence-corrected chi connectivity index (χ0v) is 42.6. The van der Waals surface area contributed by atoms with Gasteiger partial charge in [0.05, 0.1) is 6.61 Å². The lowest BCUT2D eigenvalue weighted by Crippen LogP contribution is -2.60. The second kappa shape index (κ2) is 43.4. The van der Waals surface area contributed by atoms with E-state index in [0.717, 1.165) is 44.9 Å². The molecule has 6 atom stereocenters. The van der Waals surface area contributed by atoms with Gasteiger partial charge in [0.2, 0.25) is 0 Å². The highest BCUT2D eigenvalue weighted by Gasteiger charge is 2.46. The minimum absolute atomic E-state index is 0.0405. The van der Waals surface area contributed by atoms with Gasteiger partial charge in [0.15, 0.2) is 12.4 Å². The first-order valence-corrected chi connectivity index (χ1v) is 28.0. The van der Waals surface area contributed by atoms with Crippen LogP contribution in [0.25, 0.3) is 0 Å². The van der Waals surface area contributed by atoms with Gasteiger partial charge in [-0.1, -0.05) is 209 Å². The summed E-state index contributed by atoms with van der Waals surface area (Å²) in [6.45, 7) is 3.70. The summed E-state index contributed by atoms with van der Waals surface area (Å²) >= 11 is 0. The zero-order valence-electron chi connectivity index (χ0n) is 41.7. The molecular formula is C54H94O12S. The Bertz CT molecular complexity index is 1460. The normalized spacial score (nSPS) is 19.8. The van der Waals surface area contributed by atoms with Crippen molar-refractivity contribution in [3.05, 3.63) is 60.8 Å². The van der Waals surface area contributed by atoms with Gasteiger partial charge < -0.3 is 34.3 Å². The fourth-order valence-electron chi connectivity index (χ4n) is 7.78. The van der Waals surface area contributed by atoms with Crippen LogP contribution in [0.1, 0.15) is 213 Å². The maximum atomic E-state index is 12.8. The molecule has 13 heteroatoms. The molecule has 1 saturated heterocycles. The average molecular weight is 967 g/mol. The highest BCUT2D eigenvalue weighted by molar-refractivity contribution is 7.85. The third-order valence-corrected chi connectivity index (χ3v) is 12.6. The largest absolute Gasteiger partial charge is 0.462 e. The van der Waals surface area contributed by atoms with Crippen LogP contribution in [0.15, 0.2) is 60.8 Å². The van der Waals surface area contributed by atoms with E-state index in [4.69, 9.17) is 18.9 Å². The van der Waals surface area contributed by atoms with Gasteiger partial charge in [0, 0.05) is 12.8 Å². The van der Waals surface area contributed by atoms with Crippen molar-refractivity contribution in [2.24, 2.45) is 0 Å². The summed E-state index contributed by atoms with van der Waals surface area (Å²) < 4.78 is 54.2. The van der Waals surface area contributed by atoms with E-state index >= 15 is 0 Å². The average Bonchev–Trinajstić information content (AvgIpc) is 3.30. The molecule has 0 radical (unpaired) electrons. The number of allylic oxidation sites excluding steroid dienone is 10. The van der Waals surface area contributed by atoms with Gasteiger partial charge in [0.25, 0.3) is 10.1 Å². The van der Waals surface area contributed by atoms with Crippen LogP contribution < -0.4 is 0 Å². The fraction of sp³-hybridized carbons (Fsp3) is 0.778. The summed E-state index contributed by atoms with van der Waals surface area (Å²) in [6.07, 6.45) is 45.6. The number of aliphatic hydroxyl groups excluding tert-OH is 3. The topological polar surface area (TPSA) is 186 Å². The van der Waals surface area contributed by atoms with Crippen molar-refractivity contribution in [2.75, 3.05) is 19.0 Å². The van der Waals surface area contributed by atoms with Crippen LogP contribution in [-0.4, -0.2) is 96.0 Å². The van der Waals surface area contributed by atoms with Crippen molar-refractivity contribution in [1.29, 1.82) is 0 Å². The Labute approximate surface area is 406 Å². The summed E-state index contributed by atoms with van der Waals surface area (Å²) in [5, 5.41) is 31.0. The number of carbonyl (C=O) groups excluding carboxylic acids is 2. The van der Waals surface area contributed by atoms with Crippen molar-refractivity contribution in [3.8, 4) is 0 Å². The van der Waals surface area contributed by atoms with Crippen molar-refractivity contribution in [1.82, 2.24) is 0 Å². The Morgan fingerprint density at radius 2 is 0.925 bits per heavy atom. The Balaban J connectivity index is 2.41. The van der Waals surface area contributed by atoms with Gasteiger partial charge in [-0.15, -0.1) is 0 Å². The van der Waals surface area contributed by atoms with Crippen LogP contribution in [0.3, 0.4) is 0 Å². The second-order valence-corrected chi connectivity index (χ2v) is 19.7. The molecule has 0 saturated carbocycles. The van der Waals surface area contributed by atoms with Crippen LogP contribution in [0.5, 0.6) is 0 Å². The molecule has 1 rings (SSSR count). The van der Waals surface area contributed by atoms with Gasteiger partial charge >= 0.3 is 11.9 Å². The molecule has 1 aliphatic heterocycles. The maximum absolute atomic E-state index is 12.8. The Kier molecular flexibility index (Phi) is 40.4. The second-order valence-electron chi connectivity index (χ2n) is 18.2. The molecule has 12 nitrogen and oxygen atoms in total. The fourth-order valence-corrected chi connectivity index (χ4v) is 8.47. The molecule has 0 aliphatic carbocycles. The number of carbonyl (C=O) groups is 2. The SMILES string of the molecule is CCCCC/C=C/C/C=C/C/C=C/C/C=C/C/C=C/CCC(=O)O[C@H](COC(=O)CCCCCCCCCCCCCCCCCCCCCC)CO[C@H]1O[C@H](CS(=O)(=O)O)[C@@H](O)C(O)C1O. The maximum Gasteiger partial charge on any atom is 0.306 e. The lowest BCUT2D eigenvalue weighted by Gasteiger charge is -2.40. The van der Waals surface area contributed by atoms with Gasteiger partial charge in [0.1, 0.15) is 36.8 Å². The number of esters is 2. The molecule has 4 N–H and O–H groups in total. The quantitative estimate of drug-likeness (QED) is 0.0196. The molecule has 0 aromatic carbocycles. The van der Waals surface area contributed by atoms with E-state index in [1.807, 2.05) is 12.2 Å². The molecule has 2 unspecified atom stereocenters. The molecule has 0 spiro atoms. The highest BCUT2D eigenvalue weighted by Crippen LogP contribution is 2.24. The van der Waals surface area contributed by atoms with Gasteiger partial charge in [-0.05, 0) is 51.4 Å². The summed E-state index contributed by atoms with van der Waals surface area (Å²) in [5.74, 6) is -2.08. The van der Waals surface area contributed by atoms with Crippen LogP contribution >= 0.6 is 0 Å². The number of ether oxygens (including phenoxy) is 4. The Morgan fingerprint density at radius 1 is 0.507 bits per heavy atom. The standard InChI is InChI=1S/C54H94O12S/c1-3-5-7-9-11-13-15-17-19-21-23-25-26-28-30-32-34-36-38-40-42-49(55)63-44-47(45-64-54-53(59)52(58)51(57)48(66-54)46-67(60,61)62)65-50(56)43-41-39-37-35-33-31-29-27-24-22-20-18-16-14-12-10-8-6-4-2/h12,14,18,20,24,27,31,33,37,39,47-48,51-54,57-59H,3-11,13,15-17,19,21-23,25-26,28-30,32,34-36,38,40-46H2,1-2H3,(H,60,61,62)/b14-12+,20-18+,27-24+,33-31+,39-37+/t47-,48-,51-,52?,53?,54+/m1/s1.